The number of fused-ring (bicyclic) bond motifs is 7. The third kappa shape index (κ3) is 4.68. The molecule has 2 nitrogen and oxygen atoms in total. The molecule has 1 aliphatic rings. The fourth-order valence-corrected chi connectivity index (χ4v) is 9.35. The van der Waals surface area contributed by atoms with Crippen molar-refractivity contribution < 1.29 is 0 Å². The lowest BCUT2D eigenvalue weighted by Gasteiger charge is -2.34. The van der Waals surface area contributed by atoms with Gasteiger partial charge in [0.1, 0.15) is 0 Å². The number of benzene rings is 9. The summed E-state index contributed by atoms with van der Waals surface area (Å²) < 4.78 is 2.41. The quantitative estimate of drug-likeness (QED) is 0.168. The summed E-state index contributed by atoms with van der Waals surface area (Å²) in [6.07, 6.45) is 0. The second-order valence-corrected chi connectivity index (χ2v) is 14.5. The predicted octanol–water partition coefficient (Wildman–Crippen LogP) is 13.8. The SMILES string of the molecule is c1ccc(N(c2ccc3c4ccccc4n(-c4ccccc4)c3c2)c2cccc3c2-c2cc4ccccc4cc2C3(c2ccccc2)c2ccccc2)cc1. The molecule has 10 aromatic rings. The van der Waals surface area contributed by atoms with Crippen LogP contribution in [-0.2, 0) is 5.41 Å². The van der Waals surface area contributed by atoms with E-state index in [-0.39, 0.29) is 0 Å². The molecular weight excluding hydrogens is 665 g/mol. The number of aromatic nitrogens is 1. The van der Waals surface area contributed by atoms with Gasteiger partial charge in [0.05, 0.1) is 22.1 Å². The number of rotatable bonds is 6. The van der Waals surface area contributed by atoms with Crippen molar-refractivity contribution in [1.29, 1.82) is 0 Å². The lowest BCUT2D eigenvalue weighted by atomic mass is 9.67. The van der Waals surface area contributed by atoms with E-state index < -0.39 is 5.41 Å². The van der Waals surface area contributed by atoms with Crippen molar-refractivity contribution >= 4 is 49.6 Å². The molecule has 0 aliphatic heterocycles. The van der Waals surface area contributed by atoms with E-state index in [1.54, 1.807) is 0 Å². The second-order valence-electron chi connectivity index (χ2n) is 14.5. The van der Waals surface area contributed by atoms with Gasteiger partial charge in [0, 0.05) is 33.4 Å². The minimum atomic E-state index is -0.528. The molecule has 9 aromatic carbocycles. The average Bonchev–Trinajstić information content (AvgIpc) is 3.74. The lowest BCUT2D eigenvalue weighted by molar-refractivity contribution is 0.769. The summed E-state index contributed by atoms with van der Waals surface area (Å²) in [5.41, 5.74) is 14.0. The summed E-state index contributed by atoms with van der Waals surface area (Å²) >= 11 is 0. The van der Waals surface area contributed by atoms with Crippen LogP contribution in [0.25, 0.3) is 49.4 Å². The summed E-state index contributed by atoms with van der Waals surface area (Å²) in [4.78, 5) is 2.47. The highest BCUT2D eigenvalue weighted by Crippen LogP contribution is 2.60. The molecule has 2 heteroatoms. The van der Waals surface area contributed by atoms with Gasteiger partial charge in [-0.25, -0.2) is 0 Å². The molecule has 0 N–H and O–H groups in total. The fourth-order valence-electron chi connectivity index (χ4n) is 9.35. The van der Waals surface area contributed by atoms with E-state index in [0.717, 1.165) is 22.7 Å². The Morgan fingerprint density at radius 2 is 0.964 bits per heavy atom. The highest BCUT2D eigenvalue weighted by molar-refractivity contribution is 6.11. The Morgan fingerprint density at radius 1 is 0.382 bits per heavy atom. The molecule has 0 saturated carbocycles. The van der Waals surface area contributed by atoms with Gasteiger partial charge in [-0.2, -0.15) is 0 Å². The first-order chi connectivity index (χ1) is 27.3. The van der Waals surface area contributed by atoms with E-state index in [0.29, 0.717) is 0 Å². The van der Waals surface area contributed by atoms with Gasteiger partial charge in [-0.1, -0.05) is 158 Å². The number of nitrogens with zero attached hydrogens (tertiary/aromatic N) is 2. The van der Waals surface area contributed by atoms with Crippen molar-refractivity contribution in [2.75, 3.05) is 4.90 Å². The maximum atomic E-state index is 2.47. The molecule has 0 bridgehead atoms. The van der Waals surface area contributed by atoms with Gasteiger partial charge in [0.15, 0.2) is 0 Å². The van der Waals surface area contributed by atoms with E-state index in [1.807, 2.05) is 0 Å². The Labute approximate surface area is 320 Å². The van der Waals surface area contributed by atoms with Crippen LogP contribution in [0, 0.1) is 0 Å². The topological polar surface area (TPSA) is 8.17 Å². The van der Waals surface area contributed by atoms with E-state index in [1.165, 1.54) is 66.0 Å². The molecule has 1 heterocycles. The molecular formula is C53H36N2. The van der Waals surface area contributed by atoms with Crippen molar-refractivity contribution in [2.24, 2.45) is 0 Å². The Balaban J connectivity index is 1.25. The van der Waals surface area contributed by atoms with Crippen LogP contribution in [0.3, 0.4) is 0 Å². The minimum Gasteiger partial charge on any atom is -0.310 e. The Hall–Kier alpha value is -7.16. The maximum Gasteiger partial charge on any atom is 0.0714 e. The molecule has 0 unspecified atom stereocenters. The molecule has 0 atom stereocenters. The molecule has 55 heavy (non-hydrogen) atoms. The number of anilines is 3. The first-order valence-corrected chi connectivity index (χ1v) is 19.0. The van der Waals surface area contributed by atoms with E-state index in [2.05, 4.69) is 228 Å². The minimum absolute atomic E-state index is 0.528. The van der Waals surface area contributed by atoms with Crippen LogP contribution in [0.5, 0.6) is 0 Å². The smallest absolute Gasteiger partial charge is 0.0714 e. The molecule has 258 valence electrons. The summed E-state index contributed by atoms with van der Waals surface area (Å²) in [7, 11) is 0. The van der Waals surface area contributed by atoms with Crippen molar-refractivity contribution in [3.8, 4) is 16.8 Å². The molecule has 0 amide bonds. The lowest BCUT2D eigenvalue weighted by Crippen LogP contribution is -2.28. The van der Waals surface area contributed by atoms with Crippen molar-refractivity contribution in [3.05, 3.63) is 241 Å². The van der Waals surface area contributed by atoms with Crippen molar-refractivity contribution in [3.63, 3.8) is 0 Å². The van der Waals surface area contributed by atoms with Crippen molar-refractivity contribution in [2.45, 2.75) is 5.41 Å². The zero-order valence-electron chi connectivity index (χ0n) is 30.2. The summed E-state index contributed by atoms with van der Waals surface area (Å²) in [6, 6.07) is 80.1. The van der Waals surface area contributed by atoms with E-state index in [4.69, 9.17) is 0 Å². The first-order valence-electron chi connectivity index (χ1n) is 19.0. The molecule has 1 aromatic heterocycles. The van der Waals surface area contributed by atoms with Gasteiger partial charge >= 0.3 is 0 Å². The highest BCUT2D eigenvalue weighted by Gasteiger charge is 2.47. The van der Waals surface area contributed by atoms with Crippen LogP contribution in [0.1, 0.15) is 22.3 Å². The number of hydrogen-bond donors (Lipinski definition) is 0. The molecule has 0 spiro atoms. The van der Waals surface area contributed by atoms with Gasteiger partial charge < -0.3 is 9.47 Å². The van der Waals surface area contributed by atoms with Crippen LogP contribution in [0.2, 0.25) is 0 Å². The molecule has 1 aliphatic carbocycles. The summed E-state index contributed by atoms with van der Waals surface area (Å²) in [5, 5.41) is 4.96. The van der Waals surface area contributed by atoms with Crippen LogP contribution in [-0.4, -0.2) is 4.57 Å². The van der Waals surface area contributed by atoms with Crippen LogP contribution < -0.4 is 4.90 Å². The zero-order valence-corrected chi connectivity index (χ0v) is 30.2. The second kappa shape index (κ2) is 12.5. The Bertz CT molecular complexity index is 2980. The van der Waals surface area contributed by atoms with Gasteiger partial charge in [-0.05, 0) is 99.3 Å². The van der Waals surface area contributed by atoms with E-state index >= 15 is 0 Å². The third-order valence-corrected chi connectivity index (χ3v) is 11.6. The standard InChI is InChI=1S/C53H36N2/c1-5-20-39(21-6-1)53(40-22-7-2-8-23-40)47-29-17-31-50(52(47)46-34-37-18-13-14-19-38(37)35-48(46)53)54(41-24-9-3-10-25-41)43-32-33-45-44-28-15-16-30-49(44)55(51(45)36-43)42-26-11-4-12-27-42/h1-36H. The predicted molar refractivity (Wildman–Crippen MR) is 230 cm³/mol. The average molecular weight is 701 g/mol. The fraction of sp³-hybridized carbons (Fsp3) is 0.0189. The molecule has 11 rings (SSSR count). The largest absolute Gasteiger partial charge is 0.310 e. The Kier molecular flexibility index (Phi) is 7.11. The molecule has 0 saturated heterocycles. The van der Waals surface area contributed by atoms with Gasteiger partial charge in [0.2, 0.25) is 0 Å². The molecule has 0 radical (unpaired) electrons. The highest BCUT2D eigenvalue weighted by atomic mass is 15.1. The van der Waals surface area contributed by atoms with Gasteiger partial charge in [0.25, 0.3) is 0 Å². The number of para-hydroxylation sites is 3. The normalized spacial score (nSPS) is 12.9. The van der Waals surface area contributed by atoms with Gasteiger partial charge in [-0.3, -0.25) is 0 Å². The summed E-state index contributed by atoms with van der Waals surface area (Å²) in [5.74, 6) is 0. The Morgan fingerprint density at radius 3 is 1.67 bits per heavy atom. The van der Waals surface area contributed by atoms with E-state index in [9.17, 15) is 0 Å². The van der Waals surface area contributed by atoms with Crippen LogP contribution in [0.4, 0.5) is 17.1 Å². The third-order valence-electron chi connectivity index (χ3n) is 11.6. The van der Waals surface area contributed by atoms with Gasteiger partial charge in [-0.15, -0.1) is 0 Å². The maximum absolute atomic E-state index is 2.47. The van der Waals surface area contributed by atoms with Crippen LogP contribution >= 0.6 is 0 Å². The first kappa shape index (κ1) is 31.4. The van der Waals surface area contributed by atoms with Crippen molar-refractivity contribution in [1.82, 2.24) is 4.57 Å². The zero-order chi connectivity index (χ0) is 36.3. The molecule has 0 fully saturated rings. The number of hydrogen-bond acceptors (Lipinski definition) is 1. The summed E-state index contributed by atoms with van der Waals surface area (Å²) in [6.45, 7) is 0. The van der Waals surface area contributed by atoms with Crippen LogP contribution in [0.15, 0.2) is 218 Å². The monoisotopic (exact) mass is 700 g/mol.